The molecule has 2 heterocycles. The number of nitrogens with two attached hydrogens (primary N) is 1. The second-order valence-electron chi connectivity index (χ2n) is 6.27. The number of fused-ring (bicyclic) bond motifs is 1. The van der Waals surface area contributed by atoms with E-state index in [4.69, 9.17) is 5.73 Å². The van der Waals surface area contributed by atoms with E-state index in [-0.39, 0.29) is 0 Å². The SMILES string of the molecule is NCC1(CN2CCn3cnnc3C2)CCCCCC1. The quantitative estimate of drug-likeness (QED) is 0.837. The van der Waals surface area contributed by atoms with Crippen LogP contribution >= 0.6 is 0 Å². The Morgan fingerprint density at radius 3 is 2.68 bits per heavy atom. The van der Waals surface area contributed by atoms with Crippen molar-refractivity contribution in [1.29, 1.82) is 0 Å². The lowest BCUT2D eigenvalue weighted by Crippen LogP contribution is -2.45. The van der Waals surface area contributed by atoms with Gasteiger partial charge in [0.05, 0.1) is 6.54 Å². The largest absolute Gasteiger partial charge is 0.330 e. The highest BCUT2D eigenvalue weighted by Gasteiger charge is 2.32. The van der Waals surface area contributed by atoms with Crippen LogP contribution in [0.25, 0.3) is 0 Å². The third kappa shape index (κ3) is 2.82. The first kappa shape index (κ1) is 13.1. The van der Waals surface area contributed by atoms with Crippen molar-refractivity contribution in [2.24, 2.45) is 11.1 Å². The molecule has 19 heavy (non-hydrogen) atoms. The van der Waals surface area contributed by atoms with Crippen LogP contribution in [0.5, 0.6) is 0 Å². The maximum Gasteiger partial charge on any atom is 0.147 e. The molecule has 0 atom stereocenters. The molecule has 5 nitrogen and oxygen atoms in total. The van der Waals surface area contributed by atoms with Gasteiger partial charge in [-0.2, -0.15) is 0 Å². The molecule has 0 radical (unpaired) electrons. The number of hydrogen-bond acceptors (Lipinski definition) is 4. The van der Waals surface area contributed by atoms with E-state index < -0.39 is 0 Å². The minimum atomic E-state index is 0.346. The lowest BCUT2D eigenvalue weighted by Gasteiger charge is -2.38. The lowest BCUT2D eigenvalue weighted by atomic mass is 9.79. The molecule has 1 saturated carbocycles. The summed E-state index contributed by atoms with van der Waals surface area (Å²) < 4.78 is 2.17. The van der Waals surface area contributed by atoms with E-state index in [1.54, 1.807) is 0 Å². The molecule has 1 aliphatic carbocycles. The Kier molecular flexibility index (Phi) is 3.84. The van der Waals surface area contributed by atoms with Gasteiger partial charge in [0.15, 0.2) is 0 Å². The minimum Gasteiger partial charge on any atom is -0.330 e. The number of rotatable bonds is 3. The van der Waals surface area contributed by atoms with E-state index in [0.29, 0.717) is 5.41 Å². The van der Waals surface area contributed by atoms with Gasteiger partial charge in [-0.3, -0.25) is 4.90 Å². The van der Waals surface area contributed by atoms with Crippen LogP contribution in [-0.2, 0) is 13.1 Å². The first-order valence-corrected chi connectivity index (χ1v) is 7.60. The van der Waals surface area contributed by atoms with E-state index >= 15 is 0 Å². The molecule has 1 aromatic heterocycles. The first-order valence-electron chi connectivity index (χ1n) is 7.60. The zero-order chi connectivity index (χ0) is 13.1. The maximum atomic E-state index is 6.14. The fraction of sp³-hybridized carbons (Fsp3) is 0.857. The van der Waals surface area contributed by atoms with E-state index in [1.165, 1.54) is 38.5 Å². The Hall–Kier alpha value is -0.940. The van der Waals surface area contributed by atoms with Gasteiger partial charge in [0.1, 0.15) is 12.2 Å². The van der Waals surface area contributed by atoms with Crippen molar-refractivity contribution >= 4 is 0 Å². The zero-order valence-electron chi connectivity index (χ0n) is 11.7. The van der Waals surface area contributed by atoms with E-state index in [9.17, 15) is 0 Å². The molecule has 1 aliphatic heterocycles. The molecule has 1 fully saturated rings. The summed E-state index contributed by atoms with van der Waals surface area (Å²) in [6, 6.07) is 0. The molecule has 106 valence electrons. The third-order valence-corrected chi connectivity index (χ3v) is 4.87. The average molecular weight is 263 g/mol. The molecule has 0 bridgehead atoms. The van der Waals surface area contributed by atoms with E-state index in [2.05, 4.69) is 19.7 Å². The van der Waals surface area contributed by atoms with Gasteiger partial charge in [-0.15, -0.1) is 10.2 Å². The molecular weight excluding hydrogens is 238 g/mol. The Morgan fingerprint density at radius 1 is 1.16 bits per heavy atom. The molecule has 0 amide bonds. The van der Waals surface area contributed by atoms with Gasteiger partial charge in [0.25, 0.3) is 0 Å². The van der Waals surface area contributed by atoms with E-state index in [0.717, 1.165) is 38.5 Å². The second kappa shape index (κ2) is 5.59. The van der Waals surface area contributed by atoms with Gasteiger partial charge in [-0.05, 0) is 24.8 Å². The van der Waals surface area contributed by atoms with Crippen LogP contribution in [0.2, 0.25) is 0 Å². The maximum absolute atomic E-state index is 6.14. The van der Waals surface area contributed by atoms with Crippen LogP contribution in [0.15, 0.2) is 6.33 Å². The van der Waals surface area contributed by atoms with Gasteiger partial charge >= 0.3 is 0 Å². The van der Waals surface area contributed by atoms with Crippen LogP contribution in [0.1, 0.15) is 44.3 Å². The first-order chi connectivity index (χ1) is 9.31. The van der Waals surface area contributed by atoms with Gasteiger partial charge < -0.3 is 10.3 Å². The van der Waals surface area contributed by atoms with Crippen molar-refractivity contribution in [3.8, 4) is 0 Å². The summed E-state index contributed by atoms with van der Waals surface area (Å²) in [4.78, 5) is 2.53. The average Bonchev–Trinajstić information content (AvgIpc) is 2.77. The number of aromatic nitrogens is 3. The zero-order valence-corrected chi connectivity index (χ0v) is 11.7. The fourth-order valence-electron chi connectivity index (χ4n) is 3.63. The Bertz CT molecular complexity index is 406. The van der Waals surface area contributed by atoms with Crippen molar-refractivity contribution in [2.75, 3.05) is 19.6 Å². The lowest BCUT2D eigenvalue weighted by molar-refractivity contribution is 0.111. The predicted octanol–water partition coefficient (Wildman–Crippen LogP) is 1.39. The van der Waals surface area contributed by atoms with Crippen LogP contribution in [-0.4, -0.2) is 39.3 Å². The Labute approximate surface area is 115 Å². The molecule has 2 N–H and O–H groups in total. The third-order valence-electron chi connectivity index (χ3n) is 4.87. The summed E-state index contributed by atoms with van der Waals surface area (Å²) in [6.45, 7) is 5.02. The summed E-state index contributed by atoms with van der Waals surface area (Å²) in [5.74, 6) is 1.10. The summed E-state index contributed by atoms with van der Waals surface area (Å²) in [6.07, 6.45) is 9.91. The van der Waals surface area contributed by atoms with Gasteiger partial charge in [0, 0.05) is 19.6 Å². The standard InChI is InChI=1S/C14H25N5/c15-10-14(5-3-1-2-4-6-14)11-18-7-8-19-12-16-17-13(19)9-18/h12H,1-11,15H2. The van der Waals surface area contributed by atoms with Crippen LogP contribution in [0.4, 0.5) is 0 Å². The Balaban J connectivity index is 1.66. The van der Waals surface area contributed by atoms with Crippen LogP contribution in [0.3, 0.4) is 0 Å². The van der Waals surface area contributed by atoms with E-state index in [1.807, 2.05) is 6.33 Å². The molecule has 0 unspecified atom stereocenters. The van der Waals surface area contributed by atoms with Crippen LogP contribution in [0, 0.1) is 5.41 Å². The van der Waals surface area contributed by atoms with Crippen LogP contribution < -0.4 is 5.73 Å². The molecule has 5 heteroatoms. The summed E-state index contributed by atoms with van der Waals surface area (Å²) in [5.41, 5.74) is 6.49. The smallest absolute Gasteiger partial charge is 0.147 e. The monoisotopic (exact) mass is 263 g/mol. The van der Waals surface area contributed by atoms with Crippen molar-refractivity contribution in [3.63, 3.8) is 0 Å². The molecule has 3 rings (SSSR count). The van der Waals surface area contributed by atoms with Gasteiger partial charge in [0.2, 0.25) is 0 Å². The van der Waals surface area contributed by atoms with Gasteiger partial charge in [-0.1, -0.05) is 25.7 Å². The molecule has 2 aliphatic rings. The predicted molar refractivity (Wildman–Crippen MR) is 74.5 cm³/mol. The van der Waals surface area contributed by atoms with Gasteiger partial charge in [-0.25, -0.2) is 0 Å². The Morgan fingerprint density at radius 2 is 1.95 bits per heavy atom. The second-order valence-corrected chi connectivity index (χ2v) is 6.27. The summed E-state index contributed by atoms with van der Waals surface area (Å²) in [7, 11) is 0. The number of nitrogens with zero attached hydrogens (tertiary/aromatic N) is 4. The molecule has 0 spiro atoms. The topological polar surface area (TPSA) is 60.0 Å². The number of hydrogen-bond donors (Lipinski definition) is 1. The highest BCUT2D eigenvalue weighted by molar-refractivity contribution is 4.93. The molecule has 1 aromatic rings. The van der Waals surface area contributed by atoms with Crippen molar-refractivity contribution in [2.45, 2.75) is 51.6 Å². The summed E-state index contributed by atoms with van der Waals surface area (Å²) in [5, 5.41) is 8.21. The molecular formula is C14H25N5. The van der Waals surface area contributed by atoms with Crippen molar-refractivity contribution < 1.29 is 0 Å². The summed E-state index contributed by atoms with van der Waals surface area (Å²) >= 11 is 0. The fourth-order valence-corrected chi connectivity index (χ4v) is 3.63. The van der Waals surface area contributed by atoms with Crippen molar-refractivity contribution in [1.82, 2.24) is 19.7 Å². The molecule has 0 saturated heterocycles. The highest BCUT2D eigenvalue weighted by Crippen LogP contribution is 2.35. The van der Waals surface area contributed by atoms with Crippen molar-refractivity contribution in [3.05, 3.63) is 12.2 Å². The minimum absolute atomic E-state index is 0.346. The normalized spacial score (nSPS) is 23.8. The highest BCUT2D eigenvalue weighted by atomic mass is 15.3. The molecule has 0 aromatic carbocycles.